The average molecular weight is 782 g/mol. The molecule has 0 bridgehead atoms. The second-order valence-corrected chi connectivity index (χ2v) is 54.3. The van der Waals surface area contributed by atoms with Crippen LogP contribution in [0.15, 0.2) is 97.2 Å². The molecule has 0 aliphatic heterocycles. The number of allylic oxidation sites excluding steroid dienone is 16. The van der Waals surface area contributed by atoms with Crippen molar-refractivity contribution in [2.75, 3.05) is 40.8 Å². The molecule has 0 aromatic carbocycles. The summed E-state index contributed by atoms with van der Waals surface area (Å²) in [6.07, 6.45) is 50.6. The van der Waals surface area contributed by atoms with Crippen LogP contribution >= 0.6 is 0 Å². The molecule has 251 valence electrons. The molecule has 0 aromatic heterocycles. The van der Waals surface area contributed by atoms with Crippen LogP contribution in [-0.2, 0) is 16.4 Å². The third kappa shape index (κ3) is 2.60. The summed E-state index contributed by atoms with van der Waals surface area (Å²) in [5.74, 6) is 0. The summed E-state index contributed by atoms with van der Waals surface area (Å²) in [6, 6.07) is 0. The molecular formula is C41H68HfN3. The summed E-state index contributed by atoms with van der Waals surface area (Å²) in [5, 5.41) is 0. The van der Waals surface area contributed by atoms with Crippen LogP contribution in [0, 0.1) is 0 Å². The van der Waals surface area contributed by atoms with Gasteiger partial charge in [0, 0.05) is 0 Å². The van der Waals surface area contributed by atoms with Crippen molar-refractivity contribution in [3.8, 4) is 0 Å². The van der Waals surface area contributed by atoms with E-state index < -0.39 is 16.4 Å². The number of rotatable bonds is 18. The Morgan fingerprint density at radius 2 is 0.533 bits per heavy atom. The van der Waals surface area contributed by atoms with E-state index in [1.807, 2.05) is 0 Å². The first kappa shape index (κ1) is 36.5. The Hall–Kier alpha value is -1.33. The molecule has 0 radical (unpaired) electrons. The van der Waals surface area contributed by atoms with Crippen molar-refractivity contribution in [2.45, 2.75) is 113 Å². The SMILES string of the molecule is CCC[C]1([Hf]([N](C)CC)([N](C)CC)([N](C)CC)([C]2(CCC)C=CC=C2)([C]2(CCC)C=CC=C2)[C]2(CCC)C=CC=C2)C=CC=C1. The van der Waals surface area contributed by atoms with Gasteiger partial charge in [-0.05, 0) is 0 Å². The molecule has 0 N–H and O–H groups in total. The predicted molar refractivity (Wildman–Crippen MR) is 198 cm³/mol. The predicted octanol–water partition coefficient (Wildman–Crippen LogP) is 11.7. The molecule has 3 nitrogen and oxygen atoms in total. The van der Waals surface area contributed by atoms with Crippen LogP contribution in [0.3, 0.4) is 0 Å². The van der Waals surface area contributed by atoms with Gasteiger partial charge in [0.25, 0.3) is 0 Å². The second kappa shape index (κ2) is 11.7. The van der Waals surface area contributed by atoms with Gasteiger partial charge >= 0.3 is 276 Å². The molecule has 4 aliphatic rings. The van der Waals surface area contributed by atoms with Crippen molar-refractivity contribution in [3.63, 3.8) is 0 Å². The fourth-order valence-corrected chi connectivity index (χ4v) is 112. The van der Waals surface area contributed by atoms with Gasteiger partial charge in [0.05, 0.1) is 0 Å². The summed E-state index contributed by atoms with van der Waals surface area (Å²) < 4.78 is 8.34. The van der Waals surface area contributed by atoms with Gasteiger partial charge < -0.3 is 0 Å². The first-order valence-corrected chi connectivity index (χ1v) is 30.6. The van der Waals surface area contributed by atoms with Gasteiger partial charge in [-0.15, -0.1) is 0 Å². The van der Waals surface area contributed by atoms with E-state index in [0.29, 0.717) is 0 Å². The molecule has 0 saturated carbocycles. The van der Waals surface area contributed by atoms with Crippen LogP contribution in [0.4, 0.5) is 0 Å². The van der Waals surface area contributed by atoms with E-state index in [4.69, 9.17) is 0 Å². The van der Waals surface area contributed by atoms with Crippen LogP contribution < -0.4 is 0 Å². The van der Waals surface area contributed by atoms with E-state index in [2.05, 4.69) is 175 Å². The molecule has 0 amide bonds. The van der Waals surface area contributed by atoms with Crippen LogP contribution in [-0.4, -0.2) is 49.4 Å². The molecule has 0 fully saturated rings. The Morgan fingerprint density at radius 3 is 0.667 bits per heavy atom. The standard InChI is InChI=1S/4C8H11.3C3H8N.Hf/c4*1-2-5-8-6-3-4-7-8;3*1-3-4-2;/h4*3-4,6-7H,2,5H2,1H3;3*3H2,1-2H3;/q;;;;3*-1;+3. The van der Waals surface area contributed by atoms with Crippen LogP contribution in [0.25, 0.3) is 0 Å². The van der Waals surface area contributed by atoms with Gasteiger partial charge in [0.1, 0.15) is 0 Å². The Balaban J connectivity index is 2.88. The summed E-state index contributed by atoms with van der Waals surface area (Å²) in [6.45, 7) is 20.1. The Morgan fingerprint density at radius 1 is 0.356 bits per heavy atom. The molecule has 0 saturated heterocycles. The number of hydrogen-bond donors (Lipinski definition) is 0. The topological polar surface area (TPSA) is 9.72 Å². The van der Waals surface area contributed by atoms with Crippen molar-refractivity contribution in [1.82, 2.24) is 8.66 Å². The molecular weight excluding hydrogens is 713 g/mol. The number of nitrogens with zero attached hydrogens (tertiary/aromatic N) is 3. The van der Waals surface area contributed by atoms with Gasteiger partial charge in [0.2, 0.25) is 0 Å². The Labute approximate surface area is 274 Å². The molecule has 0 atom stereocenters. The van der Waals surface area contributed by atoms with E-state index in [1.165, 1.54) is 0 Å². The molecule has 0 unspecified atom stereocenters. The summed E-state index contributed by atoms with van der Waals surface area (Å²) in [7, 11) is 7.85. The third-order valence-electron chi connectivity index (χ3n) is 16.3. The molecule has 4 rings (SSSR count). The third-order valence-corrected chi connectivity index (χ3v) is 89.9. The Kier molecular flexibility index (Phi) is 9.47. The van der Waals surface area contributed by atoms with Crippen molar-refractivity contribution >= 4 is 0 Å². The summed E-state index contributed by atoms with van der Waals surface area (Å²) in [4.78, 5) is 0. The maximum atomic E-state index is 3.17. The van der Waals surface area contributed by atoms with E-state index in [-0.39, 0.29) is 12.7 Å². The molecule has 4 aliphatic carbocycles. The maximum absolute atomic E-state index is 7.22. The molecule has 4 heteroatoms. The molecule has 0 aromatic rings. The second-order valence-electron chi connectivity index (χ2n) is 15.5. The van der Waals surface area contributed by atoms with Crippen LogP contribution in [0.1, 0.15) is 99.8 Å². The first-order chi connectivity index (χ1) is 21.6. The first-order valence-electron chi connectivity index (χ1n) is 18.6. The minimum absolute atomic E-state index is 0.296. The van der Waals surface area contributed by atoms with Gasteiger partial charge in [-0.2, -0.15) is 0 Å². The minimum atomic E-state index is -7.22. The zero-order valence-corrected chi connectivity index (χ0v) is 34.5. The average Bonchev–Trinajstić information content (AvgIpc) is 3.88. The zero-order valence-electron chi connectivity index (χ0n) is 30.9. The molecule has 0 heterocycles. The molecule has 0 spiro atoms. The fraction of sp³-hybridized carbons (Fsp3) is 0.610. The van der Waals surface area contributed by atoms with Gasteiger partial charge in [-0.1, -0.05) is 0 Å². The van der Waals surface area contributed by atoms with Crippen LogP contribution in [0.5, 0.6) is 0 Å². The zero-order chi connectivity index (χ0) is 33.2. The quantitative estimate of drug-likeness (QED) is 0.128. The summed E-state index contributed by atoms with van der Waals surface area (Å²) in [5.41, 5.74) is 0. The van der Waals surface area contributed by atoms with Gasteiger partial charge in [-0.25, -0.2) is 0 Å². The molecule has 45 heavy (non-hydrogen) atoms. The van der Waals surface area contributed by atoms with E-state index >= 15 is 0 Å². The van der Waals surface area contributed by atoms with Crippen LogP contribution in [0.2, 0.25) is 12.7 Å². The monoisotopic (exact) mass is 782 g/mol. The van der Waals surface area contributed by atoms with Crippen molar-refractivity contribution in [2.24, 2.45) is 0 Å². The van der Waals surface area contributed by atoms with Crippen molar-refractivity contribution in [3.05, 3.63) is 97.2 Å². The Bertz CT molecular complexity index is 1120. The normalized spacial score (nSPS) is 24.0. The summed E-state index contributed by atoms with van der Waals surface area (Å²) >= 11 is -7.22. The van der Waals surface area contributed by atoms with E-state index in [1.54, 1.807) is 0 Å². The van der Waals surface area contributed by atoms with Crippen molar-refractivity contribution < 1.29 is 16.4 Å². The van der Waals surface area contributed by atoms with Crippen molar-refractivity contribution in [1.29, 1.82) is 0 Å². The number of hydrogen-bond acceptors (Lipinski definition) is 3. The van der Waals surface area contributed by atoms with E-state index in [9.17, 15) is 0 Å². The van der Waals surface area contributed by atoms with Gasteiger partial charge in [0.15, 0.2) is 0 Å². The van der Waals surface area contributed by atoms with E-state index in [0.717, 1.165) is 71.0 Å². The fourth-order valence-electron chi connectivity index (χ4n) is 16.8. The van der Waals surface area contributed by atoms with Gasteiger partial charge in [-0.3, -0.25) is 0 Å².